The van der Waals surface area contributed by atoms with Crippen molar-refractivity contribution in [1.29, 1.82) is 0 Å². The van der Waals surface area contributed by atoms with E-state index in [0.717, 1.165) is 30.0 Å². The molecule has 0 atom stereocenters. The van der Waals surface area contributed by atoms with Crippen molar-refractivity contribution in [2.24, 2.45) is 0 Å². The average Bonchev–Trinajstić information content (AvgIpc) is 3.30. The third kappa shape index (κ3) is 5.55. The summed E-state index contributed by atoms with van der Waals surface area (Å²) in [5.41, 5.74) is 0.125. The van der Waals surface area contributed by atoms with E-state index in [4.69, 9.17) is 9.15 Å². The number of hydrogen-bond donors (Lipinski definition) is 1. The fourth-order valence-electron chi connectivity index (χ4n) is 3.02. The van der Waals surface area contributed by atoms with Crippen molar-refractivity contribution < 1.29 is 31.1 Å². The molecule has 33 heavy (non-hydrogen) atoms. The standard InChI is InChI=1S/C20H18F2N4O5S2/c21-14-4-5-16(22)17(11-14)23-18(27)12-32-20-25-24-19(31-20)13-2-1-3-15(10-13)33(28,29)26-6-8-30-9-7-26/h1-5,10-11H,6-9,12H2,(H,23,27). The van der Waals surface area contributed by atoms with Gasteiger partial charge in [0.2, 0.25) is 21.8 Å². The summed E-state index contributed by atoms with van der Waals surface area (Å²) in [6, 6.07) is 8.85. The second-order valence-electron chi connectivity index (χ2n) is 6.88. The van der Waals surface area contributed by atoms with Crippen molar-refractivity contribution in [1.82, 2.24) is 14.5 Å². The Balaban J connectivity index is 1.41. The third-order valence-electron chi connectivity index (χ3n) is 4.62. The Bertz CT molecular complexity index is 1260. The number of sulfonamides is 1. The van der Waals surface area contributed by atoms with E-state index in [1.54, 1.807) is 12.1 Å². The first-order chi connectivity index (χ1) is 15.8. The molecule has 2 heterocycles. The lowest BCUT2D eigenvalue weighted by Gasteiger charge is -2.26. The van der Waals surface area contributed by atoms with E-state index < -0.39 is 27.6 Å². The maximum atomic E-state index is 13.6. The summed E-state index contributed by atoms with van der Waals surface area (Å²) in [6.07, 6.45) is 0. The molecule has 1 fully saturated rings. The van der Waals surface area contributed by atoms with Crippen LogP contribution in [0.2, 0.25) is 0 Å². The van der Waals surface area contributed by atoms with E-state index >= 15 is 0 Å². The molecular formula is C20H18F2N4O5S2. The van der Waals surface area contributed by atoms with Gasteiger partial charge < -0.3 is 14.5 Å². The van der Waals surface area contributed by atoms with E-state index in [9.17, 15) is 22.0 Å². The zero-order valence-corrected chi connectivity index (χ0v) is 18.7. The number of aromatic nitrogens is 2. The maximum Gasteiger partial charge on any atom is 0.277 e. The fourth-order valence-corrected chi connectivity index (χ4v) is 5.03. The van der Waals surface area contributed by atoms with Crippen LogP contribution in [0.3, 0.4) is 0 Å². The molecule has 0 unspecified atom stereocenters. The first-order valence-electron chi connectivity index (χ1n) is 9.72. The van der Waals surface area contributed by atoms with Crippen LogP contribution in [-0.4, -0.2) is 60.9 Å². The van der Waals surface area contributed by atoms with Gasteiger partial charge >= 0.3 is 0 Å². The number of nitrogens with one attached hydrogen (secondary N) is 1. The smallest absolute Gasteiger partial charge is 0.277 e. The lowest BCUT2D eigenvalue weighted by atomic mass is 10.2. The Morgan fingerprint density at radius 2 is 1.91 bits per heavy atom. The topological polar surface area (TPSA) is 115 Å². The Morgan fingerprint density at radius 1 is 1.12 bits per heavy atom. The third-order valence-corrected chi connectivity index (χ3v) is 7.34. The largest absolute Gasteiger partial charge is 0.411 e. The van der Waals surface area contributed by atoms with Gasteiger partial charge in [-0.2, -0.15) is 4.31 Å². The van der Waals surface area contributed by atoms with Crippen molar-refractivity contribution in [3.05, 3.63) is 54.1 Å². The normalized spacial score (nSPS) is 14.8. The van der Waals surface area contributed by atoms with Crippen LogP contribution in [-0.2, 0) is 19.6 Å². The molecule has 13 heteroatoms. The van der Waals surface area contributed by atoms with Gasteiger partial charge in [-0.1, -0.05) is 17.8 Å². The van der Waals surface area contributed by atoms with Crippen molar-refractivity contribution in [3.8, 4) is 11.5 Å². The lowest BCUT2D eigenvalue weighted by Crippen LogP contribution is -2.40. The highest BCUT2D eigenvalue weighted by Crippen LogP contribution is 2.27. The molecule has 4 rings (SSSR count). The highest BCUT2D eigenvalue weighted by atomic mass is 32.2. The summed E-state index contributed by atoms with van der Waals surface area (Å²) in [6.45, 7) is 1.22. The van der Waals surface area contributed by atoms with Gasteiger partial charge in [-0.3, -0.25) is 4.79 Å². The molecule has 1 saturated heterocycles. The molecule has 0 radical (unpaired) electrons. The summed E-state index contributed by atoms with van der Waals surface area (Å²) in [7, 11) is -3.70. The molecule has 0 aliphatic carbocycles. The fraction of sp³-hybridized carbons (Fsp3) is 0.250. The molecule has 1 amide bonds. The summed E-state index contributed by atoms with van der Waals surface area (Å²) in [4.78, 5) is 12.1. The highest BCUT2D eigenvalue weighted by molar-refractivity contribution is 7.99. The molecule has 0 saturated carbocycles. The van der Waals surface area contributed by atoms with E-state index in [1.165, 1.54) is 16.4 Å². The van der Waals surface area contributed by atoms with Gasteiger partial charge in [0, 0.05) is 24.7 Å². The van der Waals surface area contributed by atoms with Crippen LogP contribution in [0.15, 0.2) is 57.0 Å². The minimum Gasteiger partial charge on any atom is -0.411 e. The van der Waals surface area contributed by atoms with Crippen LogP contribution in [0.5, 0.6) is 0 Å². The predicted octanol–water partition coefficient (Wildman–Crippen LogP) is 2.77. The van der Waals surface area contributed by atoms with Gasteiger partial charge in [-0.25, -0.2) is 17.2 Å². The number of hydrogen-bond acceptors (Lipinski definition) is 8. The summed E-state index contributed by atoms with van der Waals surface area (Å²) < 4.78 is 64.6. The Morgan fingerprint density at radius 3 is 2.70 bits per heavy atom. The summed E-state index contributed by atoms with van der Waals surface area (Å²) in [5, 5.41) is 10.1. The predicted molar refractivity (Wildman–Crippen MR) is 115 cm³/mol. The quantitative estimate of drug-likeness (QED) is 0.497. The Kier molecular flexibility index (Phi) is 7.02. The molecule has 3 aromatic rings. The Labute approximate surface area is 192 Å². The van der Waals surface area contributed by atoms with Crippen LogP contribution in [0.25, 0.3) is 11.5 Å². The number of rotatable bonds is 7. The number of thioether (sulfide) groups is 1. The summed E-state index contributed by atoms with van der Waals surface area (Å²) in [5.74, 6) is -2.15. The van der Waals surface area contributed by atoms with Crippen molar-refractivity contribution >= 4 is 33.4 Å². The van der Waals surface area contributed by atoms with Crippen LogP contribution >= 0.6 is 11.8 Å². The molecule has 1 N–H and O–H groups in total. The summed E-state index contributed by atoms with van der Waals surface area (Å²) >= 11 is 0.897. The van der Waals surface area contributed by atoms with Gasteiger partial charge in [0.05, 0.1) is 29.5 Å². The minimum atomic E-state index is -3.70. The molecule has 9 nitrogen and oxygen atoms in total. The number of nitrogens with zero attached hydrogens (tertiary/aromatic N) is 3. The Hall–Kier alpha value is -2.87. The second kappa shape index (κ2) is 9.95. The minimum absolute atomic E-state index is 0.0568. The van der Waals surface area contributed by atoms with Crippen LogP contribution in [0.1, 0.15) is 0 Å². The SMILES string of the molecule is O=C(CSc1nnc(-c2cccc(S(=O)(=O)N3CCOCC3)c2)o1)Nc1cc(F)ccc1F. The number of benzene rings is 2. The van der Waals surface area contributed by atoms with Crippen molar-refractivity contribution in [2.75, 3.05) is 37.4 Å². The molecule has 0 spiro atoms. The molecule has 174 valence electrons. The van der Waals surface area contributed by atoms with Crippen LogP contribution in [0.4, 0.5) is 14.5 Å². The van der Waals surface area contributed by atoms with E-state index in [0.29, 0.717) is 18.8 Å². The average molecular weight is 497 g/mol. The molecule has 0 bridgehead atoms. The highest BCUT2D eigenvalue weighted by Gasteiger charge is 2.27. The molecule has 1 aliphatic rings. The zero-order valence-electron chi connectivity index (χ0n) is 17.0. The number of halogens is 2. The van der Waals surface area contributed by atoms with Crippen LogP contribution in [0, 0.1) is 11.6 Å². The van der Waals surface area contributed by atoms with Crippen molar-refractivity contribution in [3.63, 3.8) is 0 Å². The lowest BCUT2D eigenvalue weighted by molar-refractivity contribution is -0.113. The van der Waals surface area contributed by atoms with Gasteiger partial charge in [-0.15, -0.1) is 10.2 Å². The van der Waals surface area contributed by atoms with Gasteiger partial charge in [-0.05, 0) is 30.3 Å². The number of carbonyl (C=O) groups is 1. The number of ether oxygens (including phenoxy) is 1. The molecule has 1 aliphatic heterocycles. The first kappa shape index (κ1) is 23.3. The monoisotopic (exact) mass is 496 g/mol. The number of carbonyl (C=O) groups excluding carboxylic acids is 1. The molecule has 1 aromatic heterocycles. The van der Waals surface area contributed by atoms with Gasteiger partial charge in [0.1, 0.15) is 11.6 Å². The van der Waals surface area contributed by atoms with E-state index in [-0.39, 0.29) is 40.5 Å². The maximum absolute atomic E-state index is 13.6. The number of anilines is 1. The second-order valence-corrected chi connectivity index (χ2v) is 9.74. The van der Waals surface area contributed by atoms with Gasteiger partial charge in [0.15, 0.2) is 0 Å². The van der Waals surface area contributed by atoms with E-state index in [1.807, 2.05) is 0 Å². The first-order valence-corrected chi connectivity index (χ1v) is 12.1. The number of amides is 1. The van der Waals surface area contributed by atoms with E-state index in [2.05, 4.69) is 15.5 Å². The van der Waals surface area contributed by atoms with Crippen molar-refractivity contribution in [2.45, 2.75) is 10.1 Å². The van der Waals surface area contributed by atoms with Crippen LogP contribution < -0.4 is 5.32 Å². The zero-order chi connectivity index (χ0) is 23.4. The van der Waals surface area contributed by atoms with Gasteiger partial charge in [0.25, 0.3) is 5.22 Å². The number of morpholine rings is 1. The molecule has 2 aromatic carbocycles. The molecular weight excluding hydrogens is 478 g/mol.